The molecule has 0 radical (unpaired) electrons. The summed E-state index contributed by atoms with van der Waals surface area (Å²) in [6, 6.07) is 3.63. The van der Waals surface area contributed by atoms with Gasteiger partial charge in [-0.05, 0) is 0 Å². The van der Waals surface area contributed by atoms with Crippen molar-refractivity contribution in [1.29, 1.82) is 10.5 Å². The molecule has 2 rings (SSSR count). The normalized spacial score (nSPS) is 26.4. The number of nitriles is 2. The molecular weight excluding hydrogens is 232 g/mol. The van der Waals surface area contributed by atoms with E-state index in [1.807, 2.05) is 26.8 Å². The third-order valence-electron chi connectivity index (χ3n) is 3.29. The van der Waals surface area contributed by atoms with Crippen LogP contribution in [0.15, 0.2) is 22.6 Å². The van der Waals surface area contributed by atoms with Crippen LogP contribution < -0.4 is 10.6 Å². The molecule has 1 atom stereocenters. The summed E-state index contributed by atoms with van der Waals surface area (Å²) in [7, 11) is 0. The number of carbonyl (C=O) groups is 1. The van der Waals surface area contributed by atoms with E-state index >= 15 is 0 Å². The maximum absolute atomic E-state index is 11.8. The zero-order chi connectivity index (χ0) is 13.7. The Morgan fingerprint density at radius 2 is 1.72 bits per heavy atom. The zero-order valence-corrected chi connectivity index (χ0v) is 10.2. The Morgan fingerprint density at radius 1 is 1.17 bits per heavy atom. The number of nitrogens with one attached hydrogen (secondary N) is 2. The van der Waals surface area contributed by atoms with E-state index in [1.54, 1.807) is 6.07 Å². The molecule has 0 aromatic carbocycles. The summed E-state index contributed by atoms with van der Waals surface area (Å²) in [4.78, 5) is 11.8. The fraction of sp³-hybridized carbons (Fsp3) is 0.417. The molecule has 6 nitrogen and oxygen atoms in total. The van der Waals surface area contributed by atoms with Gasteiger partial charge in [-0.3, -0.25) is 4.79 Å². The van der Waals surface area contributed by atoms with Gasteiger partial charge < -0.3 is 15.7 Å². The number of aliphatic hydroxyl groups excluding tert-OH is 1. The average Bonchev–Trinajstić information content (AvgIpc) is 2.67. The van der Waals surface area contributed by atoms with Gasteiger partial charge in [-0.2, -0.15) is 10.5 Å². The number of nitrogens with zero attached hydrogens (tertiary/aromatic N) is 2. The molecule has 2 aliphatic heterocycles. The van der Waals surface area contributed by atoms with E-state index in [4.69, 9.17) is 10.5 Å². The Labute approximate surface area is 104 Å². The molecule has 1 unspecified atom stereocenters. The molecule has 2 heterocycles. The van der Waals surface area contributed by atoms with E-state index in [1.165, 1.54) is 0 Å². The molecule has 0 aromatic rings. The molecule has 6 heteroatoms. The molecule has 0 spiro atoms. The third kappa shape index (κ3) is 1.17. The smallest absolute Gasteiger partial charge is 0.264 e. The molecule has 0 bridgehead atoms. The molecule has 0 aliphatic carbocycles. The molecule has 0 saturated heterocycles. The summed E-state index contributed by atoms with van der Waals surface area (Å²) >= 11 is 0. The molecule has 2 aliphatic rings. The summed E-state index contributed by atoms with van der Waals surface area (Å²) in [5.74, 6) is -0.842. The lowest BCUT2D eigenvalue weighted by Gasteiger charge is -2.40. The number of amides is 1. The predicted octanol–water partition coefficient (Wildman–Crippen LogP) is 0.575. The highest BCUT2D eigenvalue weighted by Crippen LogP contribution is 2.46. The van der Waals surface area contributed by atoms with E-state index in [-0.39, 0.29) is 22.6 Å². The number of rotatable bonds is 0. The van der Waals surface area contributed by atoms with Crippen LogP contribution >= 0.6 is 0 Å². The van der Waals surface area contributed by atoms with Crippen molar-refractivity contribution in [2.45, 2.75) is 26.4 Å². The Morgan fingerprint density at radius 3 is 2.17 bits per heavy atom. The summed E-state index contributed by atoms with van der Waals surface area (Å²) < 4.78 is 0. The van der Waals surface area contributed by atoms with Crippen molar-refractivity contribution < 1.29 is 9.90 Å². The van der Waals surface area contributed by atoms with Gasteiger partial charge in [0.25, 0.3) is 5.91 Å². The highest BCUT2D eigenvalue weighted by atomic mass is 16.3. The fourth-order valence-corrected chi connectivity index (χ4v) is 2.33. The van der Waals surface area contributed by atoms with Crippen molar-refractivity contribution in [2.24, 2.45) is 5.41 Å². The van der Waals surface area contributed by atoms with Crippen molar-refractivity contribution in [3.63, 3.8) is 0 Å². The lowest BCUT2D eigenvalue weighted by atomic mass is 9.76. The molecule has 0 fully saturated rings. The minimum absolute atomic E-state index is 0.0557. The van der Waals surface area contributed by atoms with Crippen molar-refractivity contribution in [3.8, 4) is 12.1 Å². The summed E-state index contributed by atoms with van der Waals surface area (Å²) in [5, 5.41) is 33.3. The Hall–Kier alpha value is -2.47. The summed E-state index contributed by atoms with van der Waals surface area (Å²) in [6.45, 7) is 5.52. The lowest BCUT2D eigenvalue weighted by molar-refractivity contribution is -0.118. The Balaban J connectivity index is 2.78. The standard InChI is InChI=1S/C12H12N4O2/c1-11(2,3)12-8(6(4-13)9(17)15-12)7(5-14)10(18)16-12/h15,17H,1-3H3,(H,16,18). The maximum atomic E-state index is 11.8. The van der Waals surface area contributed by atoms with Crippen LogP contribution in [-0.4, -0.2) is 16.7 Å². The van der Waals surface area contributed by atoms with Gasteiger partial charge in [0.2, 0.25) is 5.88 Å². The molecule has 3 N–H and O–H groups in total. The van der Waals surface area contributed by atoms with Gasteiger partial charge in [0.05, 0.1) is 0 Å². The maximum Gasteiger partial charge on any atom is 0.264 e. The van der Waals surface area contributed by atoms with Crippen LogP contribution in [0.5, 0.6) is 0 Å². The summed E-state index contributed by atoms with van der Waals surface area (Å²) in [5.41, 5.74) is -1.58. The van der Waals surface area contributed by atoms with Crippen LogP contribution in [0.4, 0.5) is 0 Å². The monoisotopic (exact) mass is 244 g/mol. The highest BCUT2D eigenvalue weighted by molar-refractivity contribution is 6.04. The van der Waals surface area contributed by atoms with Crippen molar-refractivity contribution >= 4 is 5.91 Å². The first kappa shape index (κ1) is 12.0. The van der Waals surface area contributed by atoms with Crippen molar-refractivity contribution in [1.82, 2.24) is 10.6 Å². The van der Waals surface area contributed by atoms with Crippen LogP contribution in [-0.2, 0) is 4.79 Å². The van der Waals surface area contributed by atoms with E-state index < -0.39 is 17.0 Å². The largest absolute Gasteiger partial charge is 0.494 e. The first-order chi connectivity index (χ1) is 8.28. The number of fused-ring (bicyclic) bond motifs is 1. The van der Waals surface area contributed by atoms with Crippen LogP contribution in [0.1, 0.15) is 20.8 Å². The van der Waals surface area contributed by atoms with Gasteiger partial charge in [0.1, 0.15) is 28.9 Å². The van der Waals surface area contributed by atoms with Crippen LogP contribution in [0, 0.1) is 28.1 Å². The Bertz CT molecular complexity index is 595. The second kappa shape index (κ2) is 3.27. The third-order valence-corrected chi connectivity index (χ3v) is 3.29. The minimum Gasteiger partial charge on any atom is -0.494 e. The average molecular weight is 244 g/mol. The quantitative estimate of drug-likeness (QED) is 0.577. The second-order valence-electron chi connectivity index (χ2n) is 5.28. The number of carbonyl (C=O) groups excluding carboxylic acids is 1. The highest BCUT2D eigenvalue weighted by Gasteiger charge is 2.58. The number of hydrogen-bond donors (Lipinski definition) is 3. The molecule has 0 saturated carbocycles. The molecule has 1 amide bonds. The van der Waals surface area contributed by atoms with Gasteiger partial charge in [-0.15, -0.1) is 0 Å². The van der Waals surface area contributed by atoms with Crippen LogP contribution in [0.25, 0.3) is 0 Å². The molecular formula is C12H12N4O2. The number of hydrogen-bond acceptors (Lipinski definition) is 5. The minimum atomic E-state index is -1.11. The molecule has 0 aromatic heterocycles. The molecule has 92 valence electrons. The van der Waals surface area contributed by atoms with Crippen molar-refractivity contribution in [2.75, 3.05) is 0 Å². The van der Waals surface area contributed by atoms with E-state index in [9.17, 15) is 9.90 Å². The van der Waals surface area contributed by atoms with E-state index in [0.29, 0.717) is 0 Å². The van der Waals surface area contributed by atoms with Gasteiger partial charge >= 0.3 is 0 Å². The van der Waals surface area contributed by atoms with Crippen molar-refractivity contribution in [3.05, 3.63) is 22.6 Å². The summed E-state index contributed by atoms with van der Waals surface area (Å²) in [6.07, 6.45) is 0. The first-order valence-electron chi connectivity index (χ1n) is 5.37. The van der Waals surface area contributed by atoms with E-state index in [2.05, 4.69) is 10.6 Å². The van der Waals surface area contributed by atoms with Gasteiger partial charge in [-0.25, -0.2) is 0 Å². The van der Waals surface area contributed by atoms with Crippen LogP contribution in [0.3, 0.4) is 0 Å². The van der Waals surface area contributed by atoms with Gasteiger partial charge in [0.15, 0.2) is 0 Å². The number of aliphatic hydroxyl groups is 1. The topological polar surface area (TPSA) is 109 Å². The van der Waals surface area contributed by atoms with Crippen LogP contribution in [0.2, 0.25) is 0 Å². The second-order valence-corrected chi connectivity index (χ2v) is 5.28. The molecule has 18 heavy (non-hydrogen) atoms. The lowest BCUT2D eigenvalue weighted by Crippen LogP contribution is -2.61. The first-order valence-corrected chi connectivity index (χ1v) is 5.37. The Kier molecular flexibility index (Phi) is 2.18. The van der Waals surface area contributed by atoms with Gasteiger partial charge in [-0.1, -0.05) is 20.8 Å². The predicted molar refractivity (Wildman–Crippen MR) is 61.4 cm³/mol. The SMILES string of the molecule is CC(C)(C)C12NC(=O)C(C#N)=C1C(C#N)=C(O)N2. The van der Waals surface area contributed by atoms with E-state index in [0.717, 1.165) is 0 Å². The fourth-order valence-electron chi connectivity index (χ4n) is 2.33. The zero-order valence-electron chi connectivity index (χ0n) is 10.2. The van der Waals surface area contributed by atoms with Gasteiger partial charge in [0, 0.05) is 11.0 Å².